The van der Waals surface area contributed by atoms with E-state index >= 15 is 0 Å². The number of hydrogen-bond donors (Lipinski definition) is 1. The van der Waals surface area contributed by atoms with E-state index in [2.05, 4.69) is 21.2 Å². The van der Waals surface area contributed by atoms with E-state index in [9.17, 15) is 14.9 Å². The molecule has 5 nitrogen and oxygen atoms in total. The number of rotatable bonds is 7. The Morgan fingerprint density at radius 1 is 1.37 bits per heavy atom. The van der Waals surface area contributed by atoms with Crippen LogP contribution < -0.4 is 5.32 Å². The minimum Gasteiger partial charge on any atom is -0.352 e. The number of nitro groups is 1. The summed E-state index contributed by atoms with van der Waals surface area (Å²) in [5, 5.41) is 14.4. The molecule has 0 spiro atoms. The number of nitrogens with one attached hydrogen (secondary N) is 1. The van der Waals surface area contributed by atoms with E-state index in [1.54, 1.807) is 13.0 Å². The summed E-state index contributed by atoms with van der Waals surface area (Å²) in [6, 6.07) is 4.32. The summed E-state index contributed by atoms with van der Waals surface area (Å²) >= 11 is 3.35. The third kappa shape index (κ3) is 4.98. The van der Waals surface area contributed by atoms with Crippen LogP contribution in [0.5, 0.6) is 0 Å². The highest BCUT2D eigenvalue weighted by atomic mass is 79.9. The maximum Gasteiger partial charge on any atom is 0.270 e. The SMILES string of the molecule is Cc1ccc([N+](=O)[O-])cc1C(=O)NCCCCCBr. The van der Waals surface area contributed by atoms with Gasteiger partial charge in [-0.2, -0.15) is 0 Å². The summed E-state index contributed by atoms with van der Waals surface area (Å²) in [4.78, 5) is 22.1. The molecule has 0 saturated carbocycles. The van der Waals surface area contributed by atoms with Crippen LogP contribution in [0.4, 0.5) is 5.69 Å². The number of nitro benzene ring substituents is 1. The predicted octanol–water partition coefficient (Wildman–Crippen LogP) is 3.20. The Morgan fingerprint density at radius 3 is 2.74 bits per heavy atom. The summed E-state index contributed by atoms with van der Waals surface area (Å²) < 4.78 is 0. The smallest absolute Gasteiger partial charge is 0.270 e. The molecule has 19 heavy (non-hydrogen) atoms. The van der Waals surface area contributed by atoms with Crippen LogP contribution in [-0.2, 0) is 0 Å². The Balaban J connectivity index is 2.61. The number of carbonyl (C=O) groups is 1. The molecular formula is C13H17BrN2O3. The Kier molecular flexibility index (Phi) is 6.49. The van der Waals surface area contributed by atoms with Crippen LogP contribution in [0.2, 0.25) is 0 Å². The largest absolute Gasteiger partial charge is 0.352 e. The highest BCUT2D eigenvalue weighted by molar-refractivity contribution is 9.09. The Bertz CT molecular complexity index is 463. The van der Waals surface area contributed by atoms with Gasteiger partial charge in [0, 0.05) is 29.6 Å². The molecule has 0 aliphatic rings. The van der Waals surface area contributed by atoms with Crippen LogP contribution in [0.25, 0.3) is 0 Å². The lowest BCUT2D eigenvalue weighted by Gasteiger charge is -2.07. The number of benzene rings is 1. The van der Waals surface area contributed by atoms with Crippen molar-refractivity contribution in [2.45, 2.75) is 26.2 Å². The number of amides is 1. The number of non-ortho nitro benzene ring substituents is 1. The summed E-state index contributed by atoms with van der Waals surface area (Å²) in [6.07, 6.45) is 3.02. The maximum absolute atomic E-state index is 11.9. The minimum absolute atomic E-state index is 0.0601. The number of unbranched alkanes of at least 4 members (excludes halogenated alkanes) is 2. The number of halogens is 1. The zero-order chi connectivity index (χ0) is 14.3. The molecule has 1 rings (SSSR count). The summed E-state index contributed by atoms with van der Waals surface area (Å²) in [6.45, 7) is 2.36. The van der Waals surface area contributed by atoms with Crippen molar-refractivity contribution < 1.29 is 9.72 Å². The molecule has 1 N–H and O–H groups in total. The quantitative estimate of drug-likeness (QED) is 0.361. The lowest BCUT2D eigenvalue weighted by atomic mass is 10.1. The second-order valence-electron chi connectivity index (χ2n) is 4.26. The molecule has 1 amide bonds. The van der Waals surface area contributed by atoms with Crippen LogP contribution in [0, 0.1) is 17.0 Å². The van der Waals surface area contributed by atoms with Gasteiger partial charge in [0.15, 0.2) is 0 Å². The van der Waals surface area contributed by atoms with Gasteiger partial charge in [-0.25, -0.2) is 0 Å². The molecule has 1 aromatic rings. The highest BCUT2D eigenvalue weighted by Crippen LogP contribution is 2.17. The molecule has 0 atom stereocenters. The average Bonchev–Trinajstić information content (AvgIpc) is 2.38. The standard InChI is InChI=1S/C13H17BrN2O3/c1-10-5-6-11(16(18)19)9-12(10)13(17)15-8-4-2-3-7-14/h5-6,9H,2-4,7-8H2,1H3,(H,15,17). The molecule has 0 heterocycles. The molecule has 0 saturated heterocycles. The molecular weight excluding hydrogens is 312 g/mol. The van der Waals surface area contributed by atoms with Gasteiger partial charge in [-0.05, 0) is 25.3 Å². The summed E-state index contributed by atoms with van der Waals surface area (Å²) in [7, 11) is 0. The lowest BCUT2D eigenvalue weighted by molar-refractivity contribution is -0.384. The van der Waals surface area contributed by atoms with E-state index in [4.69, 9.17) is 0 Å². The number of aryl methyl sites for hydroxylation is 1. The van der Waals surface area contributed by atoms with Gasteiger partial charge in [-0.3, -0.25) is 14.9 Å². The number of hydrogen-bond acceptors (Lipinski definition) is 3. The van der Waals surface area contributed by atoms with E-state index in [1.165, 1.54) is 12.1 Å². The number of alkyl halides is 1. The fourth-order valence-electron chi connectivity index (χ4n) is 1.66. The van der Waals surface area contributed by atoms with Gasteiger partial charge in [-0.1, -0.05) is 28.4 Å². The molecule has 6 heteroatoms. The van der Waals surface area contributed by atoms with Gasteiger partial charge in [-0.15, -0.1) is 0 Å². The van der Waals surface area contributed by atoms with Crippen molar-refractivity contribution in [3.8, 4) is 0 Å². The van der Waals surface area contributed by atoms with Crippen molar-refractivity contribution in [3.05, 3.63) is 39.4 Å². The molecule has 0 bridgehead atoms. The van der Waals surface area contributed by atoms with E-state index in [0.29, 0.717) is 12.1 Å². The van der Waals surface area contributed by atoms with Crippen LogP contribution in [0.1, 0.15) is 35.2 Å². The monoisotopic (exact) mass is 328 g/mol. The van der Waals surface area contributed by atoms with E-state index < -0.39 is 4.92 Å². The minimum atomic E-state index is -0.494. The number of carbonyl (C=O) groups excluding carboxylic acids is 1. The average molecular weight is 329 g/mol. The Hall–Kier alpha value is -1.43. The molecule has 104 valence electrons. The predicted molar refractivity (Wildman–Crippen MR) is 77.8 cm³/mol. The Morgan fingerprint density at radius 2 is 2.11 bits per heavy atom. The second kappa shape index (κ2) is 7.89. The van der Waals surface area contributed by atoms with E-state index in [0.717, 1.165) is 30.2 Å². The molecule has 0 aliphatic carbocycles. The third-order valence-corrected chi connectivity index (χ3v) is 3.33. The number of nitrogens with zero attached hydrogens (tertiary/aromatic N) is 1. The van der Waals surface area contributed by atoms with Gasteiger partial charge in [0.1, 0.15) is 0 Å². The molecule has 0 fully saturated rings. The van der Waals surface area contributed by atoms with E-state index in [1.807, 2.05) is 0 Å². The summed E-state index contributed by atoms with van der Waals surface area (Å²) in [5.74, 6) is -0.250. The van der Waals surface area contributed by atoms with Gasteiger partial charge in [0.05, 0.1) is 4.92 Å². The van der Waals surface area contributed by atoms with Crippen LogP contribution in [-0.4, -0.2) is 22.7 Å². The van der Waals surface area contributed by atoms with E-state index in [-0.39, 0.29) is 11.6 Å². The summed E-state index contributed by atoms with van der Waals surface area (Å²) in [5.41, 5.74) is 1.05. The highest BCUT2D eigenvalue weighted by Gasteiger charge is 2.13. The van der Waals surface area contributed by atoms with Crippen molar-refractivity contribution in [2.24, 2.45) is 0 Å². The van der Waals surface area contributed by atoms with Crippen molar-refractivity contribution >= 4 is 27.5 Å². The molecule has 0 radical (unpaired) electrons. The zero-order valence-electron chi connectivity index (χ0n) is 10.8. The van der Waals surface area contributed by atoms with Crippen molar-refractivity contribution in [1.82, 2.24) is 5.32 Å². The fourth-order valence-corrected chi connectivity index (χ4v) is 2.06. The van der Waals surface area contributed by atoms with Gasteiger partial charge < -0.3 is 5.32 Å². The maximum atomic E-state index is 11.9. The first kappa shape index (κ1) is 15.6. The lowest BCUT2D eigenvalue weighted by Crippen LogP contribution is -2.25. The van der Waals surface area contributed by atoms with Crippen LogP contribution in [0.15, 0.2) is 18.2 Å². The molecule has 0 aliphatic heterocycles. The van der Waals surface area contributed by atoms with Gasteiger partial charge in [0.2, 0.25) is 0 Å². The first-order valence-electron chi connectivity index (χ1n) is 6.15. The van der Waals surface area contributed by atoms with Gasteiger partial charge in [0.25, 0.3) is 11.6 Å². The van der Waals surface area contributed by atoms with Crippen LogP contribution >= 0.6 is 15.9 Å². The first-order chi connectivity index (χ1) is 9.06. The molecule has 1 aromatic carbocycles. The zero-order valence-corrected chi connectivity index (χ0v) is 12.4. The second-order valence-corrected chi connectivity index (χ2v) is 5.05. The van der Waals surface area contributed by atoms with Crippen molar-refractivity contribution in [3.63, 3.8) is 0 Å². The van der Waals surface area contributed by atoms with Crippen molar-refractivity contribution in [1.29, 1.82) is 0 Å². The normalized spacial score (nSPS) is 10.2. The van der Waals surface area contributed by atoms with Crippen molar-refractivity contribution in [2.75, 3.05) is 11.9 Å². The molecule has 0 unspecified atom stereocenters. The topological polar surface area (TPSA) is 72.2 Å². The third-order valence-electron chi connectivity index (χ3n) is 2.77. The molecule has 0 aromatic heterocycles. The first-order valence-corrected chi connectivity index (χ1v) is 7.27. The fraction of sp³-hybridized carbons (Fsp3) is 0.462. The van der Waals surface area contributed by atoms with Gasteiger partial charge >= 0.3 is 0 Å². The van der Waals surface area contributed by atoms with Crippen LogP contribution in [0.3, 0.4) is 0 Å². The Labute approximate surface area is 120 Å².